The van der Waals surface area contributed by atoms with Gasteiger partial charge in [-0.2, -0.15) is 0 Å². The number of hydrogen-bond donors (Lipinski definition) is 17. The SMILES string of the molecule is Cc1ccc(NC2OC(CO)C(OC3OC(CO)C(OC4OC(CO)C(OC5OC(CO)C(OC6OC(CO)C(O)C(O)C6O)C(O)C5O)C(O)C4O)C(O)C3O)C(O)C2O)cc1[N+](=O)[O-]. The number of nitrogens with one attached hydrogen (secondary N) is 1. The monoisotopic (exact) mass is 962 g/mol. The quantitative estimate of drug-likeness (QED) is 0.0540. The maximum atomic E-state index is 11.4. The van der Waals surface area contributed by atoms with Crippen LogP contribution < -0.4 is 5.32 Å². The summed E-state index contributed by atoms with van der Waals surface area (Å²) in [5, 5.41) is 183. The highest BCUT2D eigenvalue weighted by Crippen LogP contribution is 2.36. The van der Waals surface area contributed by atoms with Crippen molar-refractivity contribution in [3.05, 3.63) is 33.9 Å². The fourth-order valence-corrected chi connectivity index (χ4v) is 8.23. The number of rotatable bonds is 16. The molecular formula is C37H58N2O27. The molecule has 378 valence electrons. The van der Waals surface area contributed by atoms with Crippen molar-refractivity contribution in [1.82, 2.24) is 0 Å². The fraction of sp³-hybridized carbons (Fsp3) is 0.838. The van der Waals surface area contributed by atoms with Gasteiger partial charge in [-0.15, -0.1) is 0 Å². The third-order valence-corrected chi connectivity index (χ3v) is 12.1. The molecule has 29 nitrogen and oxygen atoms in total. The van der Waals surface area contributed by atoms with Gasteiger partial charge in [-0.1, -0.05) is 6.07 Å². The minimum absolute atomic E-state index is 0.116. The number of nitro groups is 1. The number of benzene rings is 1. The van der Waals surface area contributed by atoms with Crippen molar-refractivity contribution in [2.24, 2.45) is 0 Å². The van der Waals surface area contributed by atoms with E-state index in [-0.39, 0.29) is 11.4 Å². The maximum absolute atomic E-state index is 11.4. The third-order valence-electron chi connectivity index (χ3n) is 12.1. The largest absolute Gasteiger partial charge is 0.394 e. The average Bonchev–Trinajstić information content (AvgIpc) is 3.30. The first-order valence-corrected chi connectivity index (χ1v) is 20.7. The Balaban J connectivity index is 1.07. The Morgan fingerprint density at radius 1 is 0.485 bits per heavy atom. The number of aliphatic hydroxyl groups excluding tert-OH is 16. The number of ether oxygens (including phenoxy) is 9. The molecule has 0 saturated carbocycles. The molecule has 5 fully saturated rings. The lowest BCUT2D eigenvalue weighted by atomic mass is 9.95. The first kappa shape index (κ1) is 52.8. The van der Waals surface area contributed by atoms with E-state index in [4.69, 9.17) is 42.6 Å². The summed E-state index contributed by atoms with van der Waals surface area (Å²) in [5.41, 5.74) is 0.198. The second kappa shape index (κ2) is 22.4. The van der Waals surface area contributed by atoms with E-state index in [2.05, 4.69) is 5.32 Å². The number of hydrogen-bond acceptors (Lipinski definition) is 28. The van der Waals surface area contributed by atoms with E-state index in [1.54, 1.807) is 0 Å². The van der Waals surface area contributed by atoms with E-state index in [0.717, 1.165) is 6.07 Å². The molecule has 0 spiro atoms. The molecule has 0 aromatic heterocycles. The average molecular weight is 963 g/mol. The molecule has 6 rings (SSSR count). The molecule has 25 unspecified atom stereocenters. The van der Waals surface area contributed by atoms with Crippen molar-refractivity contribution < 1.29 is 129 Å². The van der Waals surface area contributed by atoms with Gasteiger partial charge < -0.3 is 130 Å². The van der Waals surface area contributed by atoms with Gasteiger partial charge in [0.1, 0.15) is 122 Å². The maximum Gasteiger partial charge on any atom is 0.274 e. The van der Waals surface area contributed by atoms with Gasteiger partial charge in [-0.3, -0.25) is 10.1 Å². The summed E-state index contributed by atoms with van der Waals surface area (Å²) in [6.07, 6.45) is -45.9. The lowest BCUT2D eigenvalue weighted by molar-refractivity contribution is -0.391. The van der Waals surface area contributed by atoms with Crippen LogP contribution >= 0.6 is 0 Å². The van der Waals surface area contributed by atoms with Crippen molar-refractivity contribution >= 4 is 11.4 Å². The van der Waals surface area contributed by atoms with Crippen LogP contribution in [0.2, 0.25) is 0 Å². The molecule has 0 bridgehead atoms. The summed E-state index contributed by atoms with van der Waals surface area (Å²) in [4.78, 5) is 10.8. The zero-order chi connectivity index (χ0) is 48.5. The van der Waals surface area contributed by atoms with Gasteiger partial charge in [0.15, 0.2) is 31.4 Å². The Bertz CT molecular complexity index is 1710. The van der Waals surface area contributed by atoms with Gasteiger partial charge in [0, 0.05) is 17.3 Å². The summed E-state index contributed by atoms with van der Waals surface area (Å²) in [5.74, 6) is 0. The van der Waals surface area contributed by atoms with Crippen LogP contribution in [-0.4, -0.2) is 273 Å². The van der Waals surface area contributed by atoms with E-state index in [1.807, 2.05) is 0 Å². The highest BCUT2D eigenvalue weighted by atomic mass is 16.8. The summed E-state index contributed by atoms with van der Waals surface area (Å²) < 4.78 is 50.3. The second-order valence-corrected chi connectivity index (χ2v) is 16.4. The fourth-order valence-electron chi connectivity index (χ4n) is 8.23. The molecule has 25 atom stereocenters. The van der Waals surface area contributed by atoms with Crippen LogP contribution in [0, 0.1) is 17.0 Å². The Labute approximate surface area is 373 Å². The number of anilines is 1. The van der Waals surface area contributed by atoms with Crippen LogP contribution in [0.5, 0.6) is 0 Å². The van der Waals surface area contributed by atoms with Crippen molar-refractivity contribution in [1.29, 1.82) is 0 Å². The molecule has 0 amide bonds. The predicted octanol–water partition coefficient (Wildman–Crippen LogP) is -9.59. The number of aryl methyl sites for hydroxylation is 1. The summed E-state index contributed by atoms with van der Waals surface area (Å²) in [7, 11) is 0. The van der Waals surface area contributed by atoms with Gasteiger partial charge in [-0.25, -0.2) is 0 Å². The second-order valence-electron chi connectivity index (χ2n) is 16.4. The zero-order valence-electron chi connectivity index (χ0n) is 34.8. The standard InChI is InChI=1S/C37H58N2O27/c1-10-2-3-11(4-12(10)39(56)57)38-33-24(51)20(47)29(14(6-41)58-33)63-35-26(53)22(49)31(16(8-43)60-35)65-37-28(55)23(50)32(17(9-44)62-37)66-36-27(54)21(48)30(15(7-42)61-36)64-34-25(52)19(46)18(45)13(5-40)59-34/h2-4,13-38,40-55H,5-9H2,1H3. The zero-order valence-corrected chi connectivity index (χ0v) is 34.8. The Kier molecular flexibility index (Phi) is 18.0. The van der Waals surface area contributed by atoms with Crippen LogP contribution in [0.15, 0.2) is 18.2 Å². The molecule has 5 aliphatic rings. The van der Waals surface area contributed by atoms with Gasteiger partial charge in [-0.05, 0) is 13.0 Å². The normalized spacial score (nSPS) is 46.8. The first-order chi connectivity index (χ1) is 31.3. The predicted molar refractivity (Wildman–Crippen MR) is 206 cm³/mol. The van der Waals surface area contributed by atoms with Crippen molar-refractivity contribution in [2.45, 2.75) is 160 Å². The van der Waals surface area contributed by atoms with Gasteiger partial charge in [0.2, 0.25) is 0 Å². The first-order valence-electron chi connectivity index (χ1n) is 20.7. The molecule has 17 N–H and O–H groups in total. The number of aliphatic hydroxyl groups is 16. The molecule has 1 aromatic carbocycles. The minimum Gasteiger partial charge on any atom is -0.394 e. The van der Waals surface area contributed by atoms with Crippen LogP contribution in [0.4, 0.5) is 11.4 Å². The van der Waals surface area contributed by atoms with Gasteiger partial charge in [0.25, 0.3) is 5.69 Å². The lowest BCUT2D eigenvalue weighted by Crippen LogP contribution is -2.68. The smallest absolute Gasteiger partial charge is 0.274 e. The molecule has 29 heteroatoms. The molecule has 5 saturated heterocycles. The van der Waals surface area contributed by atoms with Crippen molar-refractivity contribution in [3.8, 4) is 0 Å². The lowest BCUT2D eigenvalue weighted by Gasteiger charge is -2.49. The van der Waals surface area contributed by atoms with Gasteiger partial charge in [0.05, 0.1) is 38.0 Å². The summed E-state index contributed by atoms with van der Waals surface area (Å²) in [6, 6.07) is 4.04. The Morgan fingerprint density at radius 3 is 1.18 bits per heavy atom. The minimum atomic E-state index is -2.15. The topological polar surface area (TPSA) is 462 Å². The summed E-state index contributed by atoms with van der Waals surface area (Å²) in [6.45, 7) is -3.10. The molecule has 0 aliphatic carbocycles. The number of nitro benzene ring substituents is 1. The number of nitrogens with zero attached hydrogens (tertiary/aromatic N) is 1. The van der Waals surface area contributed by atoms with E-state index in [9.17, 15) is 91.8 Å². The van der Waals surface area contributed by atoms with Gasteiger partial charge >= 0.3 is 0 Å². The van der Waals surface area contributed by atoms with E-state index in [0.29, 0.717) is 5.56 Å². The highest BCUT2D eigenvalue weighted by molar-refractivity contribution is 5.55. The van der Waals surface area contributed by atoms with Crippen LogP contribution in [0.3, 0.4) is 0 Å². The molecular weight excluding hydrogens is 904 g/mol. The Hall–Kier alpha value is -2.58. The molecule has 0 radical (unpaired) electrons. The molecule has 66 heavy (non-hydrogen) atoms. The van der Waals surface area contributed by atoms with E-state index in [1.165, 1.54) is 19.1 Å². The summed E-state index contributed by atoms with van der Waals surface area (Å²) >= 11 is 0. The molecule has 5 heterocycles. The molecule has 1 aromatic rings. The van der Waals surface area contributed by atoms with E-state index >= 15 is 0 Å². The van der Waals surface area contributed by atoms with Crippen LogP contribution in [0.1, 0.15) is 5.56 Å². The van der Waals surface area contributed by atoms with Crippen LogP contribution in [-0.2, 0) is 42.6 Å². The van der Waals surface area contributed by atoms with Crippen LogP contribution in [0.25, 0.3) is 0 Å². The molecule has 5 aliphatic heterocycles. The van der Waals surface area contributed by atoms with Crippen molar-refractivity contribution in [2.75, 3.05) is 38.4 Å². The highest BCUT2D eigenvalue weighted by Gasteiger charge is 2.56. The third kappa shape index (κ3) is 10.8. The Morgan fingerprint density at radius 2 is 0.818 bits per heavy atom. The van der Waals surface area contributed by atoms with E-state index < -0.39 is 191 Å². The van der Waals surface area contributed by atoms with Crippen molar-refractivity contribution in [3.63, 3.8) is 0 Å².